The molecule has 2 fully saturated rings. The van der Waals surface area contributed by atoms with Crippen molar-refractivity contribution in [3.63, 3.8) is 0 Å². The molecule has 1 saturated heterocycles. The van der Waals surface area contributed by atoms with Crippen molar-refractivity contribution >= 4 is 17.0 Å². The molecule has 4 rings (SSSR count). The van der Waals surface area contributed by atoms with E-state index in [9.17, 15) is 13.6 Å². The van der Waals surface area contributed by atoms with Crippen molar-refractivity contribution < 1.29 is 23.0 Å². The summed E-state index contributed by atoms with van der Waals surface area (Å²) >= 11 is 0. The van der Waals surface area contributed by atoms with Crippen molar-refractivity contribution in [2.24, 2.45) is 5.92 Å². The zero-order valence-corrected chi connectivity index (χ0v) is 18.4. The molecule has 6 nitrogen and oxygen atoms in total. The van der Waals surface area contributed by atoms with Gasteiger partial charge in [0.25, 0.3) is 0 Å². The number of aromatic nitrogens is 2. The second-order valence-corrected chi connectivity index (χ2v) is 8.71. The van der Waals surface area contributed by atoms with Gasteiger partial charge in [-0.15, -0.1) is 0 Å². The van der Waals surface area contributed by atoms with Crippen molar-refractivity contribution in [3.05, 3.63) is 29.6 Å². The van der Waals surface area contributed by atoms with Crippen LogP contribution >= 0.6 is 0 Å². The zero-order chi connectivity index (χ0) is 22.1. The van der Waals surface area contributed by atoms with Crippen LogP contribution in [0.15, 0.2) is 18.3 Å². The van der Waals surface area contributed by atoms with Crippen molar-refractivity contribution in [3.8, 4) is 0 Å². The van der Waals surface area contributed by atoms with Gasteiger partial charge in [-0.2, -0.15) is 8.78 Å². The van der Waals surface area contributed by atoms with Gasteiger partial charge in [0.15, 0.2) is 0 Å². The Labute approximate surface area is 181 Å². The van der Waals surface area contributed by atoms with Gasteiger partial charge in [-0.05, 0) is 64.5 Å². The number of rotatable bonds is 7. The Morgan fingerprint density at radius 3 is 2.61 bits per heavy atom. The van der Waals surface area contributed by atoms with Crippen LogP contribution in [0.5, 0.6) is 0 Å². The van der Waals surface area contributed by atoms with Gasteiger partial charge in [0.05, 0.1) is 18.3 Å². The fourth-order valence-electron chi connectivity index (χ4n) is 5.38. The zero-order valence-electron chi connectivity index (χ0n) is 18.4. The number of halogens is 2. The largest absolute Gasteiger partial charge is 0.462 e. The van der Waals surface area contributed by atoms with Crippen LogP contribution in [0, 0.1) is 12.8 Å². The highest BCUT2D eigenvalue weighted by atomic mass is 19.3. The predicted molar refractivity (Wildman–Crippen MR) is 113 cm³/mol. The number of nitrogens with zero attached hydrogens (tertiary/aromatic N) is 3. The molecule has 31 heavy (non-hydrogen) atoms. The minimum Gasteiger partial charge on any atom is -0.462 e. The SMILES string of the molecule is CCOC(=O)c1c(C)n(C(C)C2CCC(N3CC(OC(F)F)C3)CC2)c2ncccc12. The summed E-state index contributed by atoms with van der Waals surface area (Å²) in [4.78, 5) is 19.5. The molecule has 0 N–H and O–H groups in total. The fourth-order valence-corrected chi connectivity index (χ4v) is 5.38. The average Bonchev–Trinajstić information content (AvgIpc) is 3.02. The maximum atomic E-state index is 12.6. The van der Waals surface area contributed by atoms with Crippen molar-refractivity contribution in [1.29, 1.82) is 0 Å². The Hall–Kier alpha value is -2.06. The Balaban J connectivity index is 1.45. The highest BCUT2D eigenvalue weighted by Crippen LogP contribution is 2.39. The van der Waals surface area contributed by atoms with Crippen LogP contribution in [0.3, 0.4) is 0 Å². The van der Waals surface area contributed by atoms with E-state index in [-0.39, 0.29) is 18.1 Å². The molecule has 2 aromatic heterocycles. The molecule has 0 spiro atoms. The van der Waals surface area contributed by atoms with Gasteiger partial charge in [-0.25, -0.2) is 9.78 Å². The summed E-state index contributed by atoms with van der Waals surface area (Å²) in [6.45, 7) is 4.84. The van der Waals surface area contributed by atoms with Crippen LogP contribution in [-0.2, 0) is 9.47 Å². The van der Waals surface area contributed by atoms with Crippen LogP contribution in [0.4, 0.5) is 8.78 Å². The number of fused-ring (bicyclic) bond motifs is 1. The van der Waals surface area contributed by atoms with Gasteiger partial charge >= 0.3 is 12.6 Å². The summed E-state index contributed by atoms with van der Waals surface area (Å²) in [6.07, 6.45) is 5.64. The van der Waals surface area contributed by atoms with E-state index >= 15 is 0 Å². The third-order valence-corrected chi connectivity index (χ3v) is 7.01. The highest BCUT2D eigenvalue weighted by Gasteiger charge is 2.38. The molecule has 1 saturated carbocycles. The summed E-state index contributed by atoms with van der Waals surface area (Å²) in [5.41, 5.74) is 2.33. The number of likely N-dealkylation sites (tertiary alicyclic amines) is 1. The molecule has 0 aromatic carbocycles. The van der Waals surface area contributed by atoms with E-state index in [1.807, 2.05) is 26.0 Å². The standard InChI is InChI=1S/C23H31F2N3O3/c1-4-30-22(29)20-15(3)28(21-19(20)6-5-11-26-21)14(2)16-7-9-17(10-8-16)27-12-18(13-27)31-23(24)25/h5-6,11,14,16-18,23H,4,7-10,12-13H2,1-3H3. The first-order valence-electron chi connectivity index (χ1n) is 11.2. The summed E-state index contributed by atoms with van der Waals surface area (Å²) < 4.78 is 36.8. The van der Waals surface area contributed by atoms with Gasteiger partial charge in [-0.3, -0.25) is 4.90 Å². The number of esters is 1. The molecule has 0 bridgehead atoms. The van der Waals surface area contributed by atoms with Gasteiger partial charge in [0.1, 0.15) is 5.65 Å². The van der Waals surface area contributed by atoms with Gasteiger partial charge < -0.3 is 14.0 Å². The minimum atomic E-state index is -2.68. The first kappa shape index (κ1) is 22.1. The van der Waals surface area contributed by atoms with E-state index in [4.69, 9.17) is 4.74 Å². The summed E-state index contributed by atoms with van der Waals surface area (Å²) in [5, 5.41) is 0.838. The van der Waals surface area contributed by atoms with Crippen molar-refractivity contribution in [2.75, 3.05) is 19.7 Å². The fraction of sp³-hybridized carbons (Fsp3) is 0.652. The van der Waals surface area contributed by atoms with E-state index in [1.54, 1.807) is 6.20 Å². The summed E-state index contributed by atoms with van der Waals surface area (Å²) in [7, 11) is 0. The Kier molecular flexibility index (Phi) is 6.57. The third kappa shape index (κ3) is 4.32. The monoisotopic (exact) mass is 435 g/mol. The molecule has 1 unspecified atom stereocenters. The first-order chi connectivity index (χ1) is 14.9. The lowest BCUT2D eigenvalue weighted by Gasteiger charge is -2.46. The molecular weight excluding hydrogens is 404 g/mol. The van der Waals surface area contributed by atoms with Crippen molar-refractivity contribution in [2.45, 2.75) is 71.3 Å². The maximum absolute atomic E-state index is 12.6. The maximum Gasteiger partial charge on any atom is 0.345 e. The molecule has 0 amide bonds. The number of hydrogen-bond acceptors (Lipinski definition) is 5. The quantitative estimate of drug-likeness (QED) is 0.597. The molecule has 8 heteroatoms. The number of hydrogen-bond donors (Lipinski definition) is 0. The molecule has 1 aliphatic carbocycles. The lowest BCUT2D eigenvalue weighted by molar-refractivity contribution is -0.202. The Morgan fingerprint density at radius 2 is 1.97 bits per heavy atom. The number of carbonyl (C=O) groups excluding carboxylic acids is 1. The Bertz CT molecular complexity index is 918. The normalized spacial score (nSPS) is 23.8. The van der Waals surface area contributed by atoms with Crippen LogP contribution in [0.2, 0.25) is 0 Å². The number of alkyl halides is 2. The highest BCUT2D eigenvalue weighted by molar-refractivity contribution is 6.05. The number of ether oxygens (including phenoxy) is 2. The van der Waals surface area contributed by atoms with E-state index in [0.717, 1.165) is 42.4 Å². The molecule has 2 aromatic rings. The molecule has 1 atom stereocenters. The van der Waals surface area contributed by atoms with E-state index in [0.29, 0.717) is 37.2 Å². The topological polar surface area (TPSA) is 56.6 Å². The van der Waals surface area contributed by atoms with E-state index < -0.39 is 6.61 Å². The molecule has 0 radical (unpaired) electrons. The van der Waals surface area contributed by atoms with E-state index in [1.165, 1.54) is 0 Å². The first-order valence-corrected chi connectivity index (χ1v) is 11.2. The second-order valence-electron chi connectivity index (χ2n) is 8.71. The molecule has 2 aliphatic rings. The van der Waals surface area contributed by atoms with Crippen molar-refractivity contribution in [1.82, 2.24) is 14.5 Å². The molecular formula is C23H31F2N3O3. The number of pyridine rings is 1. The minimum absolute atomic E-state index is 0.202. The van der Waals surface area contributed by atoms with Crippen LogP contribution in [0.1, 0.15) is 61.6 Å². The molecule has 3 heterocycles. The van der Waals surface area contributed by atoms with Crippen LogP contribution in [-0.4, -0.2) is 58.9 Å². The smallest absolute Gasteiger partial charge is 0.345 e. The van der Waals surface area contributed by atoms with E-state index in [2.05, 4.69) is 26.1 Å². The summed E-state index contributed by atoms with van der Waals surface area (Å²) in [6, 6.07) is 4.43. The number of carbonyl (C=O) groups is 1. The van der Waals surface area contributed by atoms with Crippen LogP contribution in [0.25, 0.3) is 11.0 Å². The average molecular weight is 436 g/mol. The lowest BCUT2D eigenvalue weighted by atomic mass is 9.80. The molecule has 1 aliphatic heterocycles. The van der Waals surface area contributed by atoms with Gasteiger partial charge in [-0.1, -0.05) is 0 Å². The van der Waals surface area contributed by atoms with Gasteiger partial charge in [0, 0.05) is 42.5 Å². The molecule has 170 valence electrons. The second kappa shape index (κ2) is 9.20. The predicted octanol–water partition coefficient (Wildman–Crippen LogP) is 4.56. The van der Waals surface area contributed by atoms with Crippen LogP contribution < -0.4 is 0 Å². The third-order valence-electron chi connectivity index (χ3n) is 7.01. The summed E-state index contributed by atoms with van der Waals surface area (Å²) in [5.74, 6) is 0.169. The Morgan fingerprint density at radius 1 is 1.26 bits per heavy atom. The lowest BCUT2D eigenvalue weighted by Crippen LogP contribution is -2.57. The van der Waals surface area contributed by atoms with Gasteiger partial charge in [0.2, 0.25) is 0 Å².